The van der Waals surface area contributed by atoms with E-state index in [1.165, 1.54) is 111 Å². The first kappa shape index (κ1) is 36.1. The highest BCUT2D eigenvalue weighted by atomic mass is 15.2. The molecule has 4 heteroatoms. The summed E-state index contributed by atoms with van der Waals surface area (Å²) in [6.07, 6.45) is 0. The van der Waals surface area contributed by atoms with Gasteiger partial charge in [-0.1, -0.05) is 164 Å². The molecule has 66 heavy (non-hydrogen) atoms. The van der Waals surface area contributed by atoms with Gasteiger partial charge in [-0.25, -0.2) is 0 Å². The zero-order valence-corrected chi connectivity index (χ0v) is 36.0. The van der Waals surface area contributed by atoms with Crippen LogP contribution >= 0.6 is 0 Å². The molecule has 16 rings (SSSR count). The van der Waals surface area contributed by atoms with Gasteiger partial charge < -0.3 is 14.4 Å². The van der Waals surface area contributed by atoms with Crippen LogP contribution in [-0.4, -0.2) is 11.3 Å². The van der Waals surface area contributed by atoms with Crippen molar-refractivity contribution in [1.29, 1.82) is 0 Å². The number of nitrogens with zero attached hydrogens (tertiary/aromatic N) is 3. The molecular formula is C62H40BN3. The van der Waals surface area contributed by atoms with Crippen molar-refractivity contribution >= 4 is 79.0 Å². The predicted octanol–water partition coefficient (Wildman–Crippen LogP) is 13.5. The Morgan fingerprint density at radius 3 is 1.36 bits per heavy atom. The molecule has 11 aromatic rings. The Labute approximate surface area is 384 Å². The van der Waals surface area contributed by atoms with Crippen molar-refractivity contribution in [1.82, 2.24) is 4.57 Å². The summed E-state index contributed by atoms with van der Waals surface area (Å²) in [4.78, 5) is 5.05. The third-order valence-corrected chi connectivity index (χ3v) is 15.1. The van der Waals surface area contributed by atoms with Gasteiger partial charge in [0.1, 0.15) is 0 Å². The first-order chi connectivity index (χ1) is 32.8. The van der Waals surface area contributed by atoms with E-state index in [1.54, 1.807) is 0 Å². The second kappa shape index (κ2) is 13.6. The fourth-order valence-electron chi connectivity index (χ4n) is 12.7. The molecule has 2 bridgehead atoms. The zero-order chi connectivity index (χ0) is 43.0. The van der Waals surface area contributed by atoms with E-state index in [-0.39, 0.29) is 18.5 Å². The minimum Gasteiger partial charge on any atom is -0.311 e. The Morgan fingerprint density at radius 2 is 0.773 bits per heavy atom. The Balaban J connectivity index is 1.02. The molecule has 0 fully saturated rings. The molecule has 2 aliphatic heterocycles. The summed E-state index contributed by atoms with van der Waals surface area (Å²) in [6.45, 7) is 0.0649. The Hall–Kier alpha value is -8.34. The summed E-state index contributed by atoms with van der Waals surface area (Å²) in [5, 5.41) is 2.57. The van der Waals surface area contributed by atoms with E-state index >= 15 is 0 Å². The minimum atomic E-state index is 0.0532. The second-order valence-corrected chi connectivity index (χ2v) is 18.3. The summed E-state index contributed by atoms with van der Waals surface area (Å²) in [5.41, 5.74) is 25.9. The molecule has 0 N–H and O–H groups in total. The van der Waals surface area contributed by atoms with Crippen LogP contribution in [0.3, 0.4) is 0 Å². The van der Waals surface area contributed by atoms with Crippen LogP contribution in [0.25, 0.3) is 38.6 Å². The smallest absolute Gasteiger partial charge is 0.252 e. The third-order valence-electron chi connectivity index (χ3n) is 15.1. The summed E-state index contributed by atoms with van der Waals surface area (Å²) in [5.74, 6) is 0.116. The average molecular weight is 838 g/mol. The van der Waals surface area contributed by atoms with Crippen molar-refractivity contribution < 1.29 is 0 Å². The molecule has 3 aliphatic carbocycles. The molecule has 2 unspecified atom stereocenters. The van der Waals surface area contributed by atoms with Gasteiger partial charge in [-0.2, -0.15) is 0 Å². The van der Waals surface area contributed by atoms with Crippen molar-refractivity contribution in [3.8, 4) is 16.8 Å². The van der Waals surface area contributed by atoms with Crippen LogP contribution in [0.1, 0.15) is 45.2 Å². The fourth-order valence-corrected chi connectivity index (χ4v) is 12.7. The fraction of sp³-hybridized carbons (Fsp3) is 0.0323. The van der Waals surface area contributed by atoms with Crippen molar-refractivity contribution in [3.63, 3.8) is 0 Å². The molecule has 10 aromatic carbocycles. The lowest BCUT2D eigenvalue weighted by Gasteiger charge is -2.45. The maximum absolute atomic E-state index is 2.53. The van der Waals surface area contributed by atoms with Crippen molar-refractivity contribution in [2.45, 2.75) is 11.8 Å². The Kier molecular flexibility index (Phi) is 7.42. The van der Waals surface area contributed by atoms with Crippen molar-refractivity contribution in [2.75, 3.05) is 9.80 Å². The number of aromatic nitrogens is 1. The molecule has 0 radical (unpaired) electrons. The molecule has 2 atom stereocenters. The van der Waals surface area contributed by atoms with Crippen LogP contribution in [0.15, 0.2) is 231 Å². The van der Waals surface area contributed by atoms with Crippen molar-refractivity contribution in [2.24, 2.45) is 0 Å². The maximum atomic E-state index is 2.53. The lowest BCUT2D eigenvalue weighted by atomic mass is 9.33. The molecule has 1 aromatic heterocycles. The van der Waals surface area contributed by atoms with E-state index < -0.39 is 0 Å². The van der Waals surface area contributed by atoms with Gasteiger partial charge in [-0.05, 0) is 128 Å². The highest BCUT2D eigenvalue weighted by Crippen LogP contribution is 2.60. The van der Waals surface area contributed by atoms with E-state index in [2.05, 4.69) is 245 Å². The minimum absolute atomic E-state index is 0.0532. The SMILES string of the molecule is c1ccc(N2c3ccccc3B3c4ccccc4N(c4ccccc4)c4cc(-c5cccc6c5C5c7ccccc7C6c6c5cccc6-n5c6ccccc6c6ccccc65)cc2c43)cc1. The first-order valence-corrected chi connectivity index (χ1v) is 23.2. The Morgan fingerprint density at radius 1 is 0.333 bits per heavy atom. The quantitative estimate of drug-likeness (QED) is 0.164. The molecule has 0 spiro atoms. The van der Waals surface area contributed by atoms with Gasteiger partial charge >= 0.3 is 0 Å². The second-order valence-electron chi connectivity index (χ2n) is 18.3. The Bertz CT molecular complexity index is 3650. The molecule has 3 heterocycles. The molecule has 0 saturated heterocycles. The summed E-state index contributed by atoms with van der Waals surface area (Å²) in [7, 11) is 0. The molecule has 0 saturated carbocycles. The van der Waals surface area contributed by atoms with Gasteiger partial charge in [0.15, 0.2) is 0 Å². The van der Waals surface area contributed by atoms with Crippen LogP contribution in [0, 0.1) is 0 Å². The largest absolute Gasteiger partial charge is 0.311 e. The van der Waals surface area contributed by atoms with Crippen LogP contribution in [0.2, 0.25) is 0 Å². The highest BCUT2D eigenvalue weighted by molar-refractivity contribution is 7.00. The standard InChI is InChI=1S/C62H40BN3/c1-3-19-40(20-4-1)64-53-34-15-11-30-49(53)63-50-31-12-16-35-54(50)65(41-21-5-2-6-22-41)57-38-39(37-56(64)62(57)63)42-27-17-28-47-58(42)59-45-25-7-8-26-46(45)60(47)61-48(59)29-18-36-55(61)66-51-32-13-9-23-43(51)44-24-10-14-33-52(44)66/h1-38,59-60H. The van der Waals surface area contributed by atoms with Gasteiger partial charge in [0.05, 0.1) is 16.7 Å². The molecule has 0 amide bonds. The zero-order valence-electron chi connectivity index (χ0n) is 36.0. The van der Waals surface area contributed by atoms with Crippen LogP contribution in [-0.2, 0) is 0 Å². The number of hydrogen-bond acceptors (Lipinski definition) is 2. The van der Waals surface area contributed by atoms with Gasteiger partial charge in [0.25, 0.3) is 6.71 Å². The number of anilines is 6. The van der Waals surface area contributed by atoms with Crippen LogP contribution < -0.4 is 26.2 Å². The lowest BCUT2D eigenvalue weighted by molar-refractivity contribution is 0.750. The van der Waals surface area contributed by atoms with E-state index in [0.717, 1.165) is 11.4 Å². The monoisotopic (exact) mass is 837 g/mol. The van der Waals surface area contributed by atoms with E-state index in [9.17, 15) is 0 Å². The topological polar surface area (TPSA) is 11.4 Å². The molecule has 3 nitrogen and oxygen atoms in total. The molecule has 306 valence electrons. The first-order valence-electron chi connectivity index (χ1n) is 23.2. The molecule has 5 aliphatic rings. The third kappa shape index (κ3) is 4.77. The lowest BCUT2D eigenvalue weighted by Crippen LogP contribution is -2.61. The van der Waals surface area contributed by atoms with Crippen LogP contribution in [0.5, 0.6) is 0 Å². The summed E-state index contributed by atoms with van der Waals surface area (Å²) < 4.78 is 2.53. The van der Waals surface area contributed by atoms with Crippen LogP contribution in [0.4, 0.5) is 34.1 Å². The number of para-hydroxylation sites is 6. The normalized spacial score (nSPS) is 15.8. The number of benzene rings is 10. The predicted molar refractivity (Wildman–Crippen MR) is 275 cm³/mol. The highest BCUT2D eigenvalue weighted by Gasteiger charge is 2.46. The number of rotatable bonds is 4. The van der Waals surface area contributed by atoms with E-state index in [1.807, 2.05) is 0 Å². The summed E-state index contributed by atoms with van der Waals surface area (Å²) in [6, 6.07) is 86.4. The van der Waals surface area contributed by atoms with E-state index in [4.69, 9.17) is 0 Å². The molecular weight excluding hydrogens is 798 g/mol. The summed E-state index contributed by atoms with van der Waals surface area (Å²) >= 11 is 0. The van der Waals surface area contributed by atoms with Gasteiger partial charge in [-0.3, -0.25) is 0 Å². The number of fused-ring (bicyclic) bond motifs is 7. The van der Waals surface area contributed by atoms with Crippen molar-refractivity contribution in [3.05, 3.63) is 264 Å². The average Bonchev–Trinajstić information content (AvgIpc) is 3.72. The number of hydrogen-bond donors (Lipinski definition) is 0. The maximum Gasteiger partial charge on any atom is 0.252 e. The van der Waals surface area contributed by atoms with Gasteiger partial charge in [0.2, 0.25) is 0 Å². The van der Waals surface area contributed by atoms with Gasteiger partial charge in [0, 0.05) is 56.7 Å². The van der Waals surface area contributed by atoms with Gasteiger partial charge in [-0.15, -0.1) is 0 Å². The van der Waals surface area contributed by atoms with E-state index in [0.29, 0.717) is 0 Å².